The van der Waals surface area contributed by atoms with Crippen LogP contribution in [0, 0.1) is 0 Å². The molecule has 0 unspecified atom stereocenters. The summed E-state index contributed by atoms with van der Waals surface area (Å²) in [6.07, 6.45) is 0.727. The molecule has 0 aromatic carbocycles. The van der Waals surface area contributed by atoms with Crippen LogP contribution in [0.1, 0.15) is 20.3 Å². The van der Waals surface area contributed by atoms with Crippen LogP contribution in [0.4, 0.5) is 0 Å². The second-order valence-electron chi connectivity index (χ2n) is 5.95. The standard InChI is InChI=1S/C15H32N8S2/c1-7-13(19-21-15(25)17-9-11-23(5)6)12(2)18-20-14(24)16-8-10-22(3)4/h7-11H2,1-6H3,(H2,16,20,24)(H2,17,21,25). The van der Waals surface area contributed by atoms with E-state index in [1.807, 2.05) is 42.0 Å². The molecule has 0 saturated carbocycles. The number of thiocarbonyl (C=S) groups is 2. The summed E-state index contributed by atoms with van der Waals surface area (Å²) in [5, 5.41) is 15.7. The first-order valence-corrected chi connectivity index (χ1v) is 9.06. The van der Waals surface area contributed by atoms with Crippen molar-refractivity contribution in [2.45, 2.75) is 20.3 Å². The van der Waals surface area contributed by atoms with Gasteiger partial charge in [0.2, 0.25) is 0 Å². The number of likely N-dealkylation sites (N-methyl/N-ethyl adjacent to an activating group) is 2. The summed E-state index contributed by atoms with van der Waals surface area (Å²) in [5.41, 5.74) is 7.24. The van der Waals surface area contributed by atoms with Crippen LogP contribution in [-0.4, -0.2) is 85.8 Å². The molecule has 4 N–H and O–H groups in total. The van der Waals surface area contributed by atoms with E-state index in [4.69, 9.17) is 24.4 Å². The second kappa shape index (κ2) is 13.9. The van der Waals surface area contributed by atoms with Gasteiger partial charge in [-0.25, -0.2) is 0 Å². The van der Waals surface area contributed by atoms with Crippen LogP contribution in [0.2, 0.25) is 0 Å². The van der Waals surface area contributed by atoms with E-state index in [0.29, 0.717) is 10.2 Å². The fraction of sp³-hybridized carbons (Fsp3) is 0.733. The van der Waals surface area contributed by atoms with Gasteiger partial charge in [-0.3, -0.25) is 10.9 Å². The molecule has 0 aliphatic carbocycles. The molecule has 10 heteroatoms. The minimum Gasteiger partial charge on any atom is -0.360 e. The lowest BCUT2D eigenvalue weighted by molar-refractivity contribution is 0.412. The minimum atomic E-state index is 0.491. The highest BCUT2D eigenvalue weighted by Crippen LogP contribution is 1.90. The van der Waals surface area contributed by atoms with Crippen molar-refractivity contribution in [2.75, 3.05) is 54.4 Å². The molecule has 144 valence electrons. The third-order valence-corrected chi connectivity index (χ3v) is 3.53. The highest BCUT2D eigenvalue weighted by molar-refractivity contribution is 7.80. The fourth-order valence-electron chi connectivity index (χ4n) is 1.60. The highest BCUT2D eigenvalue weighted by atomic mass is 32.1. The Morgan fingerprint density at radius 2 is 1.28 bits per heavy atom. The van der Waals surface area contributed by atoms with Crippen LogP contribution in [0.25, 0.3) is 0 Å². The minimum absolute atomic E-state index is 0.491. The third kappa shape index (κ3) is 13.6. The molecular weight excluding hydrogens is 356 g/mol. The maximum Gasteiger partial charge on any atom is 0.187 e. The van der Waals surface area contributed by atoms with Gasteiger partial charge in [0.1, 0.15) is 0 Å². The molecule has 0 spiro atoms. The van der Waals surface area contributed by atoms with Crippen molar-refractivity contribution in [2.24, 2.45) is 10.2 Å². The van der Waals surface area contributed by atoms with Gasteiger partial charge in [-0.2, -0.15) is 10.2 Å². The number of hydrazone groups is 2. The molecule has 0 bridgehead atoms. The lowest BCUT2D eigenvalue weighted by Gasteiger charge is -2.13. The maximum atomic E-state index is 5.20. The monoisotopic (exact) mass is 388 g/mol. The van der Waals surface area contributed by atoms with Crippen LogP contribution in [-0.2, 0) is 0 Å². The Morgan fingerprint density at radius 1 is 0.840 bits per heavy atom. The van der Waals surface area contributed by atoms with Crippen molar-refractivity contribution in [1.29, 1.82) is 0 Å². The van der Waals surface area contributed by atoms with Gasteiger partial charge in [-0.15, -0.1) is 0 Å². The predicted octanol–water partition coefficient (Wildman–Crippen LogP) is 0.180. The predicted molar refractivity (Wildman–Crippen MR) is 115 cm³/mol. The lowest BCUT2D eigenvalue weighted by Crippen LogP contribution is -2.38. The summed E-state index contributed by atoms with van der Waals surface area (Å²) in [6.45, 7) is 7.20. The molecule has 25 heavy (non-hydrogen) atoms. The smallest absolute Gasteiger partial charge is 0.187 e. The number of nitrogens with one attached hydrogen (secondary N) is 4. The molecule has 0 aromatic rings. The number of nitrogens with zero attached hydrogens (tertiary/aromatic N) is 4. The van der Waals surface area contributed by atoms with Crippen LogP contribution in [0.5, 0.6) is 0 Å². The lowest BCUT2D eigenvalue weighted by atomic mass is 10.2. The Labute approximate surface area is 162 Å². The molecule has 0 atom stereocenters. The van der Waals surface area contributed by atoms with Crippen molar-refractivity contribution < 1.29 is 0 Å². The van der Waals surface area contributed by atoms with Gasteiger partial charge < -0.3 is 20.4 Å². The summed E-state index contributed by atoms with van der Waals surface area (Å²) in [5.74, 6) is 0. The van der Waals surface area contributed by atoms with Crippen LogP contribution >= 0.6 is 24.4 Å². The fourth-order valence-corrected chi connectivity index (χ4v) is 1.89. The molecule has 0 amide bonds. The summed E-state index contributed by atoms with van der Waals surface area (Å²) in [4.78, 5) is 4.15. The Bertz CT molecular complexity index is 474. The van der Waals surface area contributed by atoms with Crippen LogP contribution in [0.15, 0.2) is 10.2 Å². The summed E-state index contributed by atoms with van der Waals surface area (Å²) in [6, 6.07) is 0. The van der Waals surface area contributed by atoms with E-state index < -0.39 is 0 Å². The summed E-state index contributed by atoms with van der Waals surface area (Å²) >= 11 is 10.4. The zero-order chi connectivity index (χ0) is 19.2. The third-order valence-electron chi connectivity index (χ3n) is 3.06. The van der Waals surface area contributed by atoms with E-state index in [9.17, 15) is 0 Å². The first kappa shape index (κ1) is 23.6. The zero-order valence-corrected chi connectivity index (χ0v) is 17.8. The van der Waals surface area contributed by atoms with E-state index in [-0.39, 0.29) is 0 Å². The maximum absolute atomic E-state index is 5.20. The van der Waals surface area contributed by atoms with Crippen molar-refractivity contribution in [3.63, 3.8) is 0 Å². The average Bonchev–Trinajstić information content (AvgIpc) is 2.52. The first-order chi connectivity index (χ1) is 11.8. The van der Waals surface area contributed by atoms with Crippen LogP contribution < -0.4 is 21.5 Å². The zero-order valence-electron chi connectivity index (χ0n) is 16.1. The normalized spacial score (nSPS) is 12.3. The summed E-state index contributed by atoms with van der Waals surface area (Å²) in [7, 11) is 8.05. The molecule has 0 aliphatic rings. The molecular formula is C15H32N8S2. The second-order valence-corrected chi connectivity index (χ2v) is 6.77. The van der Waals surface area contributed by atoms with E-state index in [1.54, 1.807) is 0 Å². The molecule has 8 nitrogen and oxygen atoms in total. The van der Waals surface area contributed by atoms with Gasteiger partial charge in [0, 0.05) is 26.2 Å². The van der Waals surface area contributed by atoms with E-state index in [2.05, 4.69) is 41.5 Å². The number of hydrogen-bond acceptors (Lipinski definition) is 6. The molecule has 0 fully saturated rings. The number of rotatable bonds is 10. The number of hydrogen-bond donors (Lipinski definition) is 4. The van der Waals surface area contributed by atoms with Gasteiger partial charge in [0.25, 0.3) is 0 Å². The Morgan fingerprint density at radius 3 is 1.68 bits per heavy atom. The van der Waals surface area contributed by atoms with Gasteiger partial charge in [0.05, 0.1) is 11.4 Å². The molecule has 0 aliphatic heterocycles. The van der Waals surface area contributed by atoms with Gasteiger partial charge in [0.15, 0.2) is 10.2 Å². The first-order valence-electron chi connectivity index (χ1n) is 8.24. The molecule has 0 radical (unpaired) electrons. The SMILES string of the molecule is CCC(=NNC(=S)NCCN(C)C)C(C)=NNC(=S)NCCN(C)C. The highest BCUT2D eigenvalue weighted by Gasteiger charge is 2.03. The topological polar surface area (TPSA) is 79.3 Å². The molecule has 0 saturated heterocycles. The van der Waals surface area contributed by atoms with Crippen molar-refractivity contribution in [3.8, 4) is 0 Å². The Hall–Kier alpha value is -1.36. The van der Waals surface area contributed by atoms with Gasteiger partial charge in [-0.05, 0) is 66.0 Å². The largest absolute Gasteiger partial charge is 0.360 e. The Balaban J connectivity index is 4.35. The quantitative estimate of drug-likeness (QED) is 0.240. The average molecular weight is 389 g/mol. The van der Waals surface area contributed by atoms with Crippen molar-refractivity contribution in [1.82, 2.24) is 31.3 Å². The van der Waals surface area contributed by atoms with E-state index in [0.717, 1.165) is 44.0 Å². The van der Waals surface area contributed by atoms with Crippen LogP contribution in [0.3, 0.4) is 0 Å². The van der Waals surface area contributed by atoms with Crippen molar-refractivity contribution >= 4 is 46.1 Å². The molecule has 0 heterocycles. The van der Waals surface area contributed by atoms with Gasteiger partial charge >= 0.3 is 0 Å². The van der Waals surface area contributed by atoms with Gasteiger partial charge in [-0.1, -0.05) is 6.92 Å². The molecule has 0 rings (SSSR count). The summed E-state index contributed by atoms with van der Waals surface area (Å²) < 4.78 is 0. The Kier molecular flexibility index (Phi) is 13.1. The van der Waals surface area contributed by atoms with E-state index in [1.165, 1.54) is 0 Å². The van der Waals surface area contributed by atoms with E-state index >= 15 is 0 Å². The van der Waals surface area contributed by atoms with Crippen molar-refractivity contribution in [3.05, 3.63) is 0 Å². The molecule has 0 aromatic heterocycles.